The lowest BCUT2D eigenvalue weighted by Gasteiger charge is -2.33. The normalized spacial score (nSPS) is 27.0. The Kier molecular flexibility index (Phi) is 4.84. The molecule has 2 rings (SSSR count). The first-order valence-electron chi connectivity index (χ1n) is 7.29. The Morgan fingerprint density at radius 3 is 2.21 bits per heavy atom. The molecule has 2 fully saturated rings. The summed E-state index contributed by atoms with van der Waals surface area (Å²) in [4.78, 5) is 14.2. The third-order valence-electron chi connectivity index (χ3n) is 4.36. The van der Waals surface area contributed by atoms with Crippen molar-refractivity contribution in [2.45, 2.75) is 56.6 Å². The summed E-state index contributed by atoms with van der Waals surface area (Å²) in [5.41, 5.74) is 0. The fraction of sp³-hybridized carbons (Fsp3) is 0.923. The maximum Gasteiger partial charge on any atom is 0.225 e. The van der Waals surface area contributed by atoms with Crippen molar-refractivity contribution in [2.24, 2.45) is 11.1 Å². The third kappa shape index (κ3) is 3.92. The van der Waals surface area contributed by atoms with E-state index in [-0.39, 0.29) is 18.4 Å². The SMILES string of the molecule is NS(=O)(=O)C1CCCN(C(=O)C2CCCCCC2)C1. The number of nitrogens with zero attached hydrogens (tertiary/aromatic N) is 1. The number of nitrogens with two attached hydrogens (primary N) is 1. The van der Waals surface area contributed by atoms with Crippen LogP contribution in [0.4, 0.5) is 0 Å². The van der Waals surface area contributed by atoms with Crippen molar-refractivity contribution in [3.63, 3.8) is 0 Å². The Hall–Kier alpha value is -0.620. The zero-order chi connectivity index (χ0) is 13.9. The molecule has 1 unspecified atom stereocenters. The molecular formula is C13H24N2O3S. The van der Waals surface area contributed by atoms with Crippen LogP contribution >= 0.6 is 0 Å². The van der Waals surface area contributed by atoms with Gasteiger partial charge in [0.05, 0.1) is 5.25 Å². The molecular weight excluding hydrogens is 264 g/mol. The molecule has 1 amide bonds. The minimum atomic E-state index is -3.52. The minimum Gasteiger partial charge on any atom is -0.341 e. The maximum atomic E-state index is 12.5. The molecule has 1 atom stereocenters. The molecule has 6 heteroatoms. The smallest absolute Gasteiger partial charge is 0.225 e. The molecule has 1 aliphatic heterocycles. The second-order valence-electron chi connectivity index (χ2n) is 5.83. The lowest BCUT2D eigenvalue weighted by atomic mass is 9.97. The number of carbonyl (C=O) groups excluding carboxylic acids is 1. The molecule has 110 valence electrons. The second-order valence-corrected chi connectivity index (χ2v) is 7.67. The Balaban J connectivity index is 1.98. The van der Waals surface area contributed by atoms with Gasteiger partial charge in [-0.3, -0.25) is 4.79 Å². The van der Waals surface area contributed by atoms with Crippen LogP contribution in [0, 0.1) is 5.92 Å². The molecule has 0 bridgehead atoms. The van der Waals surface area contributed by atoms with Gasteiger partial charge in [-0.2, -0.15) is 0 Å². The predicted molar refractivity (Wildman–Crippen MR) is 73.9 cm³/mol. The van der Waals surface area contributed by atoms with E-state index in [1.54, 1.807) is 4.90 Å². The van der Waals surface area contributed by atoms with Crippen molar-refractivity contribution in [2.75, 3.05) is 13.1 Å². The summed E-state index contributed by atoms with van der Waals surface area (Å²) in [5.74, 6) is 0.247. The van der Waals surface area contributed by atoms with E-state index < -0.39 is 15.3 Å². The lowest BCUT2D eigenvalue weighted by molar-refractivity contribution is -0.136. The number of sulfonamides is 1. The molecule has 5 nitrogen and oxygen atoms in total. The maximum absolute atomic E-state index is 12.5. The predicted octanol–water partition coefficient (Wildman–Crippen LogP) is 1.24. The Morgan fingerprint density at radius 2 is 1.63 bits per heavy atom. The van der Waals surface area contributed by atoms with Crippen LogP contribution in [0.3, 0.4) is 0 Å². The molecule has 2 aliphatic rings. The average molecular weight is 288 g/mol. The van der Waals surface area contributed by atoms with Crippen molar-refractivity contribution in [1.82, 2.24) is 4.90 Å². The fourth-order valence-corrected chi connectivity index (χ4v) is 4.07. The van der Waals surface area contributed by atoms with E-state index in [0.29, 0.717) is 13.0 Å². The summed E-state index contributed by atoms with van der Waals surface area (Å²) in [7, 11) is -3.52. The van der Waals surface area contributed by atoms with Gasteiger partial charge in [-0.05, 0) is 25.7 Å². The van der Waals surface area contributed by atoms with Gasteiger partial charge in [0.25, 0.3) is 0 Å². The van der Waals surface area contributed by atoms with Crippen molar-refractivity contribution in [3.05, 3.63) is 0 Å². The van der Waals surface area contributed by atoms with Gasteiger partial charge in [-0.15, -0.1) is 0 Å². The summed E-state index contributed by atoms with van der Waals surface area (Å²) < 4.78 is 22.9. The second kappa shape index (κ2) is 6.22. The number of likely N-dealkylation sites (tertiary alicyclic amines) is 1. The van der Waals surface area contributed by atoms with Gasteiger partial charge >= 0.3 is 0 Å². The topological polar surface area (TPSA) is 80.5 Å². The summed E-state index contributed by atoms with van der Waals surface area (Å²) in [6.07, 6.45) is 7.87. The van der Waals surface area contributed by atoms with Gasteiger partial charge in [0.15, 0.2) is 0 Å². The first-order chi connectivity index (χ1) is 8.98. The van der Waals surface area contributed by atoms with E-state index in [9.17, 15) is 13.2 Å². The quantitative estimate of drug-likeness (QED) is 0.776. The number of hydrogen-bond donors (Lipinski definition) is 1. The first kappa shape index (κ1) is 14.8. The molecule has 0 spiro atoms. The molecule has 1 saturated carbocycles. The van der Waals surface area contributed by atoms with Crippen LogP contribution in [-0.4, -0.2) is 37.6 Å². The summed E-state index contributed by atoms with van der Waals surface area (Å²) in [6, 6.07) is 0. The van der Waals surface area contributed by atoms with Crippen molar-refractivity contribution in [3.8, 4) is 0 Å². The minimum absolute atomic E-state index is 0.0988. The van der Waals surface area contributed by atoms with Crippen LogP contribution in [0.1, 0.15) is 51.4 Å². The zero-order valence-corrected chi connectivity index (χ0v) is 12.2. The summed E-state index contributed by atoms with van der Waals surface area (Å²) >= 11 is 0. The molecule has 0 radical (unpaired) electrons. The monoisotopic (exact) mass is 288 g/mol. The molecule has 1 saturated heterocycles. The van der Waals surface area contributed by atoms with Gasteiger partial charge < -0.3 is 4.90 Å². The third-order valence-corrected chi connectivity index (χ3v) is 5.67. The van der Waals surface area contributed by atoms with Gasteiger partial charge in [-0.25, -0.2) is 13.6 Å². The first-order valence-corrected chi connectivity index (χ1v) is 8.90. The molecule has 0 aromatic carbocycles. The van der Waals surface area contributed by atoms with Crippen LogP contribution in [0.15, 0.2) is 0 Å². The lowest BCUT2D eigenvalue weighted by Crippen LogP contribution is -2.48. The van der Waals surface area contributed by atoms with E-state index in [0.717, 1.165) is 32.1 Å². The van der Waals surface area contributed by atoms with E-state index in [1.165, 1.54) is 12.8 Å². The van der Waals surface area contributed by atoms with Crippen LogP contribution in [0.5, 0.6) is 0 Å². The van der Waals surface area contributed by atoms with Crippen LogP contribution < -0.4 is 5.14 Å². The number of carbonyl (C=O) groups is 1. The van der Waals surface area contributed by atoms with Crippen molar-refractivity contribution >= 4 is 15.9 Å². The number of rotatable bonds is 2. The summed E-state index contributed by atoms with van der Waals surface area (Å²) in [5, 5.41) is 4.64. The number of primary sulfonamides is 1. The Bertz CT molecular complexity index is 414. The highest BCUT2D eigenvalue weighted by Crippen LogP contribution is 2.26. The fourth-order valence-electron chi connectivity index (χ4n) is 3.19. The van der Waals surface area contributed by atoms with Crippen LogP contribution in [-0.2, 0) is 14.8 Å². The van der Waals surface area contributed by atoms with E-state index in [1.807, 2.05) is 0 Å². The largest absolute Gasteiger partial charge is 0.341 e. The highest BCUT2D eigenvalue weighted by molar-refractivity contribution is 7.89. The zero-order valence-electron chi connectivity index (χ0n) is 11.4. The van der Waals surface area contributed by atoms with Crippen LogP contribution in [0.25, 0.3) is 0 Å². The molecule has 1 aliphatic carbocycles. The summed E-state index contributed by atoms with van der Waals surface area (Å²) in [6.45, 7) is 0.968. The highest BCUT2D eigenvalue weighted by atomic mass is 32.2. The molecule has 2 N–H and O–H groups in total. The molecule has 19 heavy (non-hydrogen) atoms. The van der Waals surface area contributed by atoms with Gasteiger partial charge in [-0.1, -0.05) is 25.7 Å². The molecule has 0 aromatic heterocycles. The van der Waals surface area contributed by atoms with E-state index >= 15 is 0 Å². The standard InChI is InChI=1S/C13H24N2O3S/c14-19(17,18)12-8-5-9-15(10-12)13(16)11-6-3-1-2-4-7-11/h11-12H,1-10H2,(H2,14,17,18). The van der Waals surface area contributed by atoms with E-state index in [2.05, 4.69) is 0 Å². The van der Waals surface area contributed by atoms with Gasteiger partial charge in [0.2, 0.25) is 15.9 Å². The molecule has 0 aromatic rings. The van der Waals surface area contributed by atoms with Crippen LogP contribution in [0.2, 0.25) is 0 Å². The van der Waals surface area contributed by atoms with Crippen molar-refractivity contribution < 1.29 is 13.2 Å². The Labute approximate surface area is 115 Å². The average Bonchev–Trinajstić information content (AvgIpc) is 2.66. The van der Waals surface area contributed by atoms with E-state index in [4.69, 9.17) is 5.14 Å². The van der Waals surface area contributed by atoms with Crippen molar-refractivity contribution in [1.29, 1.82) is 0 Å². The van der Waals surface area contributed by atoms with Gasteiger partial charge in [0.1, 0.15) is 0 Å². The number of piperidine rings is 1. The van der Waals surface area contributed by atoms with Gasteiger partial charge in [0, 0.05) is 19.0 Å². The number of amides is 1. The Morgan fingerprint density at radius 1 is 1.00 bits per heavy atom. The number of hydrogen-bond acceptors (Lipinski definition) is 3. The molecule has 1 heterocycles. The highest BCUT2D eigenvalue weighted by Gasteiger charge is 2.33.